The summed E-state index contributed by atoms with van der Waals surface area (Å²) < 4.78 is 14.4. The number of hydrogen-bond acceptors (Lipinski definition) is 8. The van der Waals surface area contributed by atoms with Crippen LogP contribution in [0.3, 0.4) is 0 Å². The van der Waals surface area contributed by atoms with Crippen molar-refractivity contribution in [2.24, 2.45) is 28.6 Å². The van der Waals surface area contributed by atoms with Crippen LogP contribution in [-0.2, 0) is 23.7 Å². The molecule has 0 aliphatic heterocycles. The summed E-state index contributed by atoms with van der Waals surface area (Å²) in [5.41, 5.74) is -2.45. The fraction of sp³-hybridized carbons (Fsp3) is 0.696. The summed E-state index contributed by atoms with van der Waals surface area (Å²) >= 11 is 0. The molecular formula is C23H34NaO11P. The summed E-state index contributed by atoms with van der Waals surface area (Å²) in [4.78, 5) is 58.0. The van der Waals surface area contributed by atoms with Crippen LogP contribution in [0.15, 0.2) is 23.5 Å². The number of fused-ring (bicyclic) bond motifs is 5. The van der Waals surface area contributed by atoms with E-state index in [0.29, 0.717) is 19.3 Å². The molecule has 0 radical (unpaired) electrons. The molecule has 0 amide bonds. The van der Waals surface area contributed by atoms with Gasteiger partial charge in [0.1, 0.15) is 18.0 Å². The molecular weight excluding hydrogens is 506 g/mol. The number of carbonyl (C=O) groups excluding carboxylic acids is 3. The summed E-state index contributed by atoms with van der Waals surface area (Å²) in [6.45, 7) is 4.33. The average molecular weight is 540 g/mol. The Morgan fingerprint density at radius 1 is 1.17 bits per heavy atom. The fourth-order valence-electron chi connectivity index (χ4n) is 7.28. The third-order valence-electron chi connectivity index (χ3n) is 8.65. The molecule has 7 atom stereocenters. The van der Waals surface area contributed by atoms with Gasteiger partial charge in [-0.1, -0.05) is 12.5 Å². The summed E-state index contributed by atoms with van der Waals surface area (Å²) in [5.74, 6) is -1.41. The Morgan fingerprint density at radius 3 is 2.28 bits per heavy atom. The van der Waals surface area contributed by atoms with Crippen molar-refractivity contribution in [3.8, 4) is 0 Å². The van der Waals surface area contributed by atoms with E-state index in [0.717, 1.165) is 5.57 Å². The molecule has 0 spiro atoms. The number of Topliss-reactive ketones (excluding diaryl/α,β-unsaturated/α-hetero) is 1. The first kappa shape index (κ1) is 31.5. The first-order valence-corrected chi connectivity index (χ1v) is 13.0. The molecule has 198 valence electrons. The molecule has 0 aromatic heterocycles. The van der Waals surface area contributed by atoms with E-state index in [1.807, 2.05) is 13.8 Å². The Bertz CT molecular complexity index is 1030. The summed E-state index contributed by atoms with van der Waals surface area (Å²) in [5, 5.41) is 32.1. The minimum atomic E-state index is -4.64. The Kier molecular flexibility index (Phi) is 9.45. The number of ether oxygens (including phenoxy) is 1. The number of ketones is 2. The number of phosphoric acid groups is 1. The Morgan fingerprint density at radius 2 is 1.75 bits per heavy atom. The van der Waals surface area contributed by atoms with Gasteiger partial charge in [-0.15, -0.1) is 0 Å². The SMILES string of the molecule is CC(=O)OC1=CC(=O)C=C2CC[C@@H]3[C@H]([C@@H](O)C[C@@]4(C)[C@H]3CC[C@]4(O)C(=O)CO)[C@]21C.O=P(O)(O)O.[NaH]. The van der Waals surface area contributed by atoms with Crippen LogP contribution in [0.25, 0.3) is 0 Å². The maximum absolute atomic E-state index is 12.5. The van der Waals surface area contributed by atoms with Crippen molar-refractivity contribution in [1.82, 2.24) is 0 Å². The molecule has 4 aliphatic carbocycles. The van der Waals surface area contributed by atoms with Gasteiger partial charge in [0.15, 0.2) is 11.6 Å². The van der Waals surface area contributed by atoms with E-state index in [2.05, 4.69) is 0 Å². The zero-order valence-electron chi connectivity index (χ0n) is 19.9. The molecule has 6 N–H and O–H groups in total. The van der Waals surface area contributed by atoms with Gasteiger partial charge in [0.2, 0.25) is 0 Å². The zero-order chi connectivity index (χ0) is 26.6. The van der Waals surface area contributed by atoms with E-state index in [1.54, 1.807) is 6.08 Å². The summed E-state index contributed by atoms with van der Waals surface area (Å²) in [7, 11) is -4.64. The number of carbonyl (C=O) groups is 3. The van der Waals surface area contributed by atoms with Crippen molar-refractivity contribution in [2.75, 3.05) is 6.61 Å². The zero-order valence-corrected chi connectivity index (χ0v) is 20.8. The molecule has 4 rings (SSSR count). The minimum absolute atomic E-state index is 0. The van der Waals surface area contributed by atoms with Gasteiger partial charge in [-0.05, 0) is 56.9 Å². The number of rotatable bonds is 3. The summed E-state index contributed by atoms with van der Waals surface area (Å²) in [6.07, 6.45) is 4.47. The van der Waals surface area contributed by atoms with Crippen molar-refractivity contribution in [2.45, 2.75) is 64.6 Å². The number of aliphatic hydroxyl groups is 3. The van der Waals surface area contributed by atoms with Crippen molar-refractivity contribution >= 4 is 54.9 Å². The van der Waals surface area contributed by atoms with Gasteiger partial charge in [-0.25, -0.2) is 4.57 Å². The van der Waals surface area contributed by atoms with Gasteiger partial charge in [0.05, 0.1) is 11.5 Å². The molecule has 0 bridgehead atoms. The first-order valence-electron chi connectivity index (χ1n) is 11.5. The van der Waals surface area contributed by atoms with E-state index in [1.165, 1.54) is 13.0 Å². The molecule has 0 unspecified atom stereocenters. The van der Waals surface area contributed by atoms with Gasteiger partial charge < -0.3 is 34.7 Å². The molecule has 0 aromatic carbocycles. The first-order chi connectivity index (χ1) is 16.0. The predicted octanol–water partition coefficient (Wildman–Crippen LogP) is -0.129. The van der Waals surface area contributed by atoms with Crippen LogP contribution >= 0.6 is 7.82 Å². The monoisotopic (exact) mass is 540 g/mol. The van der Waals surface area contributed by atoms with Crippen LogP contribution in [-0.4, -0.2) is 95.4 Å². The van der Waals surface area contributed by atoms with Crippen LogP contribution in [0.5, 0.6) is 0 Å². The molecule has 0 aromatic rings. The fourth-order valence-corrected chi connectivity index (χ4v) is 7.28. The van der Waals surface area contributed by atoms with Crippen LogP contribution in [0, 0.1) is 28.6 Å². The van der Waals surface area contributed by atoms with Crippen LogP contribution in [0.4, 0.5) is 0 Å². The Labute approximate surface area is 231 Å². The second-order valence-electron chi connectivity index (χ2n) is 10.4. The predicted molar refractivity (Wildman–Crippen MR) is 127 cm³/mol. The molecule has 3 saturated carbocycles. The molecule has 36 heavy (non-hydrogen) atoms. The van der Waals surface area contributed by atoms with Gasteiger partial charge >= 0.3 is 43.3 Å². The maximum atomic E-state index is 12.5. The van der Waals surface area contributed by atoms with E-state index >= 15 is 0 Å². The number of aliphatic hydroxyl groups excluding tert-OH is 2. The standard InChI is InChI=1S/C23H30O7.Na.H3O4P.H/c1-12(25)30-19-9-14(26)8-13-4-5-15-16-6-7-23(29,18(28)11-24)21(16,2)10-17(27)20(15)22(13,19)3;;1-5(2,3)4;/h8-9,15-17,20,24,27,29H,4-7,10-11H2,1-3H3;;(H3,1,2,3,4);/t15-,16-,17-,20+,21-,22+,23-;;;/m0.../s1. The molecule has 13 heteroatoms. The van der Waals surface area contributed by atoms with Crippen LogP contribution in [0.2, 0.25) is 0 Å². The topological polar surface area (TPSA) is 199 Å². The number of hydrogen-bond donors (Lipinski definition) is 6. The van der Waals surface area contributed by atoms with Gasteiger partial charge in [0.25, 0.3) is 0 Å². The second kappa shape index (κ2) is 10.8. The van der Waals surface area contributed by atoms with Crippen LogP contribution in [0.1, 0.15) is 52.9 Å². The Hall–Kier alpha value is -0.720. The van der Waals surface area contributed by atoms with E-state index in [-0.39, 0.29) is 71.7 Å². The molecule has 0 heterocycles. The van der Waals surface area contributed by atoms with E-state index in [4.69, 9.17) is 24.0 Å². The molecule has 11 nitrogen and oxygen atoms in total. The normalized spacial score (nSPS) is 39.1. The third-order valence-corrected chi connectivity index (χ3v) is 8.65. The number of esters is 1. The molecule has 3 fully saturated rings. The summed E-state index contributed by atoms with van der Waals surface area (Å²) in [6, 6.07) is 0. The quantitative estimate of drug-likeness (QED) is 0.158. The van der Waals surface area contributed by atoms with Crippen molar-refractivity contribution in [3.63, 3.8) is 0 Å². The second-order valence-corrected chi connectivity index (χ2v) is 11.4. The van der Waals surface area contributed by atoms with Crippen molar-refractivity contribution < 1.29 is 53.7 Å². The molecule has 0 saturated heterocycles. The van der Waals surface area contributed by atoms with Gasteiger partial charge in [-0.2, -0.15) is 0 Å². The van der Waals surface area contributed by atoms with Crippen molar-refractivity contribution in [1.29, 1.82) is 0 Å². The van der Waals surface area contributed by atoms with E-state index < -0.39 is 48.7 Å². The average Bonchev–Trinajstić information content (AvgIpc) is 2.98. The number of allylic oxidation sites excluding steroid dienone is 3. The van der Waals surface area contributed by atoms with Crippen molar-refractivity contribution in [3.05, 3.63) is 23.5 Å². The van der Waals surface area contributed by atoms with Crippen LogP contribution < -0.4 is 0 Å². The Balaban J connectivity index is 0.000000694. The van der Waals surface area contributed by atoms with Gasteiger partial charge in [0, 0.05) is 24.3 Å². The van der Waals surface area contributed by atoms with E-state index in [9.17, 15) is 29.7 Å². The third kappa shape index (κ3) is 5.38. The van der Waals surface area contributed by atoms with Gasteiger partial charge in [-0.3, -0.25) is 14.4 Å². The molecule has 4 aliphatic rings.